The van der Waals surface area contributed by atoms with E-state index in [1.807, 2.05) is 37.3 Å². The van der Waals surface area contributed by atoms with Gasteiger partial charge < -0.3 is 14.7 Å². The van der Waals surface area contributed by atoms with Crippen LogP contribution in [0.3, 0.4) is 0 Å². The number of hydrogen-bond acceptors (Lipinski definition) is 4. The summed E-state index contributed by atoms with van der Waals surface area (Å²) >= 11 is 0. The molecule has 0 bridgehead atoms. The van der Waals surface area contributed by atoms with Gasteiger partial charge in [-0.3, -0.25) is 14.5 Å². The standard InChI is InChI=1S/C19H18N2O5/c1-2-20(14-6-4-3-5-7-14)17(22)11-21-15-9-8-13(19(24)25)10-16(15)26-12-18(21)23/h3-10H,2,11-12H2,1H3,(H,24,25). The summed E-state index contributed by atoms with van der Waals surface area (Å²) in [4.78, 5) is 39.1. The van der Waals surface area contributed by atoms with Gasteiger partial charge >= 0.3 is 5.97 Å². The molecule has 0 radical (unpaired) electrons. The van der Waals surface area contributed by atoms with E-state index in [4.69, 9.17) is 9.84 Å². The molecule has 26 heavy (non-hydrogen) atoms. The van der Waals surface area contributed by atoms with Gasteiger partial charge in [0.25, 0.3) is 5.91 Å². The van der Waals surface area contributed by atoms with E-state index in [1.54, 1.807) is 4.90 Å². The molecule has 0 fully saturated rings. The third kappa shape index (κ3) is 3.37. The van der Waals surface area contributed by atoms with E-state index >= 15 is 0 Å². The number of carbonyl (C=O) groups excluding carboxylic acids is 2. The van der Waals surface area contributed by atoms with E-state index in [1.165, 1.54) is 23.1 Å². The van der Waals surface area contributed by atoms with Crippen LogP contribution in [0.5, 0.6) is 5.75 Å². The first kappa shape index (κ1) is 17.5. The number of ether oxygens (including phenoxy) is 1. The van der Waals surface area contributed by atoms with Crippen LogP contribution in [0.15, 0.2) is 48.5 Å². The van der Waals surface area contributed by atoms with E-state index in [-0.39, 0.29) is 36.3 Å². The lowest BCUT2D eigenvalue weighted by molar-refractivity contribution is -0.124. The minimum Gasteiger partial charge on any atom is -0.482 e. The van der Waals surface area contributed by atoms with Crippen molar-refractivity contribution in [2.45, 2.75) is 6.92 Å². The topological polar surface area (TPSA) is 87.2 Å². The van der Waals surface area contributed by atoms with Crippen LogP contribution in [0.25, 0.3) is 0 Å². The van der Waals surface area contributed by atoms with E-state index in [0.29, 0.717) is 12.2 Å². The molecule has 1 aliphatic heterocycles. The Morgan fingerprint density at radius 1 is 1.19 bits per heavy atom. The van der Waals surface area contributed by atoms with Gasteiger partial charge in [0.15, 0.2) is 6.61 Å². The number of aromatic carboxylic acids is 1. The third-order valence-electron chi connectivity index (χ3n) is 4.13. The Balaban J connectivity index is 1.86. The van der Waals surface area contributed by atoms with Gasteiger partial charge in [-0.25, -0.2) is 4.79 Å². The summed E-state index contributed by atoms with van der Waals surface area (Å²) in [7, 11) is 0. The fourth-order valence-corrected chi connectivity index (χ4v) is 2.84. The van der Waals surface area contributed by atoms with Crippen molar-refractivity contribution < 1.29 is 24.2 Å². The lowest BCUT2D eigenvalue weighted by atomic mass is 10.1. The Hall–Kier alpha value is -3.35. The number of anilines is 2. The van der Waals surface area contributed by atoms with Crippen LogP contribution in [0.1, 0.15) is 17.3 Å². The Morgan fingerprint density at radius 2 is 1.92 bits per heavy atom. The number of carbonyl (C=O) groups is 3. The van der Waals surface area contributed by atoms with Crippen LogP contribution in [-0.2, 0) is 9.59 Å². The largest absolute Gasteiger partial charge is 0.482 e. The fraction of sp³-hybridized carbons (Fsp3) is 0.211. The number of fused-ring (bicyclic) bond motifs is 1. The first-order chi connectivity index (χ1) is 12.5. The zero-order chi connectivity index (χ0) is 18.7. The van der Waals surface area contributed by atoms with Crippen molar-refractivity contribution in [1.29, 1.82) is 0 Å². The van der Waals surface area contributed by atoms with Gasteiger partial charge in [-0.2, -0.15) is 0 Å². The molecule has 1 N–H and O–H groups in total. The minimum absolute atomic E-state index is 0.0591. The summed E-state index contributed by atoms with van der Waals surface area (Å²) in [6, 6.07) is 13.4. The van der Waals surface area contributed by atoms with Gasteiger partial charge in [-0.05, 0) is 37.3 Å². The highest BCUT2D eigenvalue weighted by molar-refractivity contribution is 6.06. The number of amides is 2. The smallest absolute Gasteiger partial charge is 0.335 e. The Morgan fingerprint density at radius 3 is 2.58 bits per heavy atom. The quantitative estimate of drug-likeness (QED) is 0.889. The number of carboxylic acid groups (broad SMARTS) is 1. The molecule has 1 heterocycles. The van der Waals surface area contributed by atoms with Gasteiger partial charge in [-0.1, -0.05) is 18.2 Å². The van der Waals surface area contributed by atoms with E-state index in [0.717, 1.165) is 5.69 Å². The van der Waals surface area contributed by atoms with Crippen LogP contribution in [0.4, 0.5) is 11.4 Å². The third-order valence-corrected chi connectivity index (χ3v) is 4.13. The average Bonchev–Trinajstić information content (AvgIpc) is 2.65. The monoisotopic (exact) mass is 354 g/mol. The number of carboxylic acids is 1. The molecule has 0 saturated heterocycles. The molecule has 2 amide bonds. The number of para-hydroxylation sites is 1. The van der Waals surface area contributed by atoms with Crippen LogP contribution >= 0.6 is 0 Å². The SMILES string of the molecule is CCN(C(=O)CN1C(=O)COc2cc(C(=O)O)ccc21)c1ccccc1. The number of likely N-dealkylation sites (N-methyl/N-ethyl adjacent to an activating group) is 1. The zero-order valence-corrected chi connectivity index (χ0v) is 14.2. The van der Waals surface area contributed by atoms with E-state index in [9.17, 15) is 14.4 Å². The molecular weight excluding hydrogens is 336 g/mol. The molecule has 0 unspecified atom stereocenters. The second-order valence-corrected chi connectivity index (χ2v) is 5.73. The van der Waals surface area contributed by atoms with Gasteiger partial charge in [0.1, 0.15) is 12.3 Å². The fourth-order valence-electron chi connectivity index (χ4n) is 2.84. The molecule has 0 aromatic heterocycles. The Bertz CT molecular complexity index is 850. The predicted octanol–water partition coefficient (Wildman–Crippen LogP) is 2.16. The van der Waals surface area contributed by atoms with Crippen LogP contribution in [0.2, 0.25) is 0 Å². The van der Waals surface area contributed by atoms with Gasteiger partial charge in [0.05, 0.1) is 11.3 Å². The van der Waals surface area contributed by atoms with Crippen LogP contribution in [-0.4, -0.2) is 42.6 Å². The molecule has 0 spiro atoms. The summed E-state index contributed by atoms with van der Waals surface area (Å²) in [5, 5.41) is 9.08. The lowest BCUT2D eigenvalue weighted by Crippen LogP contribution is -2.46. The number of rotatable bonds is 5. The molecule has 3 rings (SSSR count). The first-order valence-electron chi connectivity index (χ1n) is 8.17. The van der Waals surface area contributed by atoms with Crippen molar-refractivity contribution in [2.75, 3.05) is 29.5 Å². The first-order valence-corrected chi connectivity index (χ1v) is 8.17. The van der Waals surface area contributed by atoms with Crippen molar-refractivity contribution in [3.8, 4) is 5.75 Å². The summed E-state index contributed by atoms with van der Waals surface area (Å²) in [6.07, 6.45) is 0. The highest BCUT2D eigenvalue weighted by atomic mass is 16.5. The summed E-state index contributed by atoms with van der Waals surface area (Å²) < 4.78 is 5.33. The average molecular weight is 354 g/mol. The maximum atomic E-state index is 12.8. The zero-order valence-electron chi connectivity index (χ0n) is 14.2. The normalized spacial score (nSPS) is 13.0. The molecule has 2 aromatic carbocycles. The summed E-state index contributed by atoms with van der Waals surface area (Å²) in [5.74, 6) is -1.39. The maximum Gasteiger partial charge on any atom is 0.335 e. The predicted molar refractivity (Wildman–Crippen MR) is 95.7 cm³/mol. The van der Waals surface area contributed by atoms with Crippen molar-refractivity contribution >= 4 is 29.2 Å². The van der Waals surface area contributed by atoms with E-state index in [2.05, 4.69) is 0 Å². The number of hydrogen-bond donors (Lipinski definition) is 1. The molecular formula is C19H18N2O5. The van der Waals surface area contributed by atoms with Gasteiger partial charge in [0, 0.05) is 12.2 Å². The van der Waals surface area contributed by atoms with Crippen LogP contribution < -0.4 is 14.5 Å². The number of nitrogens with zero attached hydrogens (tertiary/aromatic N) is 2. The summed E-state index contributed by atoms with van der Waals surface area (Å²) in [6.45, 7) is 1.94. The van der Waals surface area contributed by atoms with Crippen molar-refractivity contribution in [2.24, 2.45) is 0 Å². The Labute approximate surface area is 150 Å². The molecule has 0 aliphatic carbocycles. The maximum absolute atomic E-state index is 12.8. The molecule has 2 aromatic rings. The molecule has 0 saturated carbocycles. The van der Waals surface area contributed by atoms with Crippen molar-refractivity contribution in [3.05, 3.63) is 54.1 Å². The van der Waals surface area contributed by atoms with Gasteiger partial charge in [0.2, 0.25) is 5.91 Å². The highest BCUT2D eigenvalue weighted by Crippen LogP contribution is 2.33. The minimum atomic E-state index is -1.09. The van der Waals surface area contributed by atoms with Gasteiger partial charge in [-0.15, -0.1) is 0 Å². The second kappa shape index (κ2) is 7.26. The second-order valence-electron chi connectivity index (χ2n) is 5.73. The van der Waals surface area contributed by atoms with Crippen LogP contribution in [0, 0.1) is 0 Å². The molecule has 0 atom stereocenters. The molecule has 7 nitrogen and oxygen atoms in total. The lowest BCUT2D eigenvalue weighted by Gasteiger charge is -2.31. The molecule has 7 heteroatoms. The molecule has 1 aliphatic rings. The van der Waals surface area contributed by atoms with Crippen molar-refractivity contribution in [3.63, 3.8) is 0 Å². The number of benzene rings is 2. The highest BCUT2D eigenvalue weighted by Gasteiger charge is 2.29. The molecule has 134 valence electrons. The van der Waals surface area contributed by atoms with E-state index < -0.39 is 5.97 Å². The van der Waals surface area contributed by atoms with Crippen molar-refractivity contribution in [1.82, 2.24) is 0 Å². The Kier molecular flexibility index (Phi) is 4.88. The summed E-state index contributed by atoms with van der Waals surface area (Å²) in [5.41, 5.74) is 1.20.